The summed E-state index contributed by atoms with van der Waals surface area (Å²) in [6.07, 6.45) is -1.70. The number of carboxylic acids is 1. The van der Waals surface area contributed by atoms with Gasteiger partial charge in [-0.2, -0.15) is 0 Å². The summed E-state index contributed by atoms with van der Waals surface area (Å²) < 4.78 is 12.9. The summed E-state index contributed by atoms with van der Waals surface area (Å²) in [6.45, 7) is -0.468. The summed E-state index contributed by atoms with van der Waals surface area (Å²) in [4.78, 5) is 21.5. The van der Waals surface area contributed by atoms with E-state index in [2.05, 4.69) is 10.6 Å². The predicted molar refractivity (Wildman–Crippen MR) is 62.1 cm³/mol. The van der Waals surface area contributed by atoms with E-state index in [1.54, 1.807) is 0 Å². The monoisotopic (exact) mass is 276 g/mol. The number of benzene rings is 1. The van der Waals surface area contributed by atoms with Gasteiger partial charge in [0, 0.05) is 10.7 Å². The van der Waals surface area contributed by atoms with E-state index in [0.717, 1.165) is 12.1 Å². The van der Waals surface area contributed by atoms with E-state index in [1.807, 2.05) is 0 Å². The Morgan fingerprint density at radius 2 is 2.06 bits per heavy atom. The van der Waals surface area contributed by atoms with Crippen molar-refractivity contribution in [3.8, 4) is 0 Å². The van der Waals surface area contributed by atoms with Crippen LogP contribution >= 0.6 is 11.6 Å². The second-order valence-electron chi connectivity index (χ2n) is 3.35. The lowest BCUT2D eigenvalue weighted by Crippen LogP contribution is -2.38. The van der Waals surface area contributed by atoms with Gasteiger partial charge in [0.25, 0.3) is 0 Å². The lowest BCUT2D eigenvalue weighted by Gasteiger charge is -2.09. The molecule has 0 spiro atoms. The van der Waals surface area contributed by atoms with E-state index < -0.39 is 30.5 Å². The fraction of sp³-hybridized carbons (Fsp3) is 0.200. The fourth-order valence-electron chi connectivity index (χ4n) is 1.08. The molecule has 0 aliphatic carbocycles. The van der Waals surface area contributed by atoms with Crippen LogP contribution < -0.4 is 10.6 Å². The average molecular weight is 277 g/mol. The zero-order valence-corrected chi connectivity index (χ0v) is 9.74. The Hall–Kier alpha value is -1.86. The molecule has 6 nitrogen and oxygen atoms in total. The molecule has 1 atom stereocenters. The molecule has 0 radical (unpaired) electrons. The first-order valence-corrected chi connectivity index (χ1v) is 5.18. The molecule has 0 heterocycles. The third-order valence-electron chi connectivity index (χ3n) is 1.86. The van der Waals surface area contributed by atoms with E-state index in [0.29, 0.717) is 0 Å². The number of halogens is 2. The van der Waals surface area contributed by atoms with Gasteiger partial charge in [0.05, 0.1) is 6.54 Å². The number of hydrogen-bond acceptors (Lipinski definition) is 3. The van der Waals surface area contributed by atoms with Crippen molar-refractivity contribution in [1.82, 2.24) is 5.32 Å². The van der Waals surface area contributed by atoms with Crippen molar-refractivity contribution in [1.29, 1.82) is 0 Å². The Balaban J connectivity index is 2.52. The summed E-state index contributed by atoms with van der Waals surface area (Å²) in [5, 5.41) is 21.7. The molecule has 0 saturated heterocycles. The third kappa shape index (κ3) is 4.56. The summed E-state index contributed by atoms with van der Waals surface area (Å²) in [5.74, 6) is -2.08. The van der Waals surface area contributed by atoms with Gasteiger partial charge in [0.1, 0.15) is 5.82 Å². The van der Waals surface area contributed by atoms with Crippen LogP contribution in [0.2, 0.25) is 5.02 Å². The van der Waals surface area contributed by atoms with Crippen LogP contribution in [0.25, 0.3) is 0 Å². The normalized spacial score (nSPS) is 11.7. The predicted octanol–water partition coefficient (Wildman–Crippen LogP) is 1.05. The SMILES string of the molecule is O=C(NCC(O)C(=O)O)Nc1cc(F)cc(Cl)c1. The summed E-state index contributed by atoms with van der Waals surface area (Å²) in [7, 11) is 0. The molecule has 1 aromatic rings. The topological polar surface area (TPSA) is 98.7 Å². The number of nitrogens with one attached hydrogen (secondary N) is 2. The second-order valence-corrected chi connectivity index (χ2v) is 3.78. The van der Waals surface area contributed by atoms with Gasteiger partial charge in [-0.15, -0.1) is 0 Å². The summed E-state index contributed by atoms with van der Waals surface area (Å²) in [6, 6.07) is 2.65. The number of amides is 2. The number of rotatable bonds is 4. The minimum Gasteiger partial charge on any atom is -0.479 e. The zero-order valence-electron chi connectivity index (χ0n) is 8.98. The zero-order chi connectivity index (χ0) is 13.7. The standard InChI is InChI=1S/C10H10ClFN2O4/c11-5-1-6(12)3-7(2-5)14-10(18)13-4-8(15)9(16)17/h1-3,8,15H,4H2,(H,16,17)(H2,13,14,18). The number of aliphatic hydroxyl groups excluding tert-OH is 1. The molecule has 1 aromatic carbocycles. The van der Waals surface area contributed by atoms with Crippen LogP contribution in [0.1, 0.15) is 0 Å². The molecule has 0 saturated carbocycles. The van der Waals surface area contributed by atoms with Crippen LogP contribution in [0.5, 0.6) is 0 Å². The Labute approximate surface area is 106 Å². The second kappa shape index (κ2) is 6.18. The minimum absolute atomic E-state index is 0.107. The molecular weight excluding hydrogens is 267 g/mol. The van der Waals surface area contributed by atoms with Gasteiger partial charge in [-0.25, -0.2) is 14.0 Å². The van der Waals surface area contributed by atoms with Crippen LogP contribution in [0.4, 0.5) is 14.9 Å². The molecule has 2 amide bonds. The maximum absolute atomic E-state index is 12.9. The first-order valence-electron chi connectivity index (χ1n) is 4.80. The van der Waals surface area contributed by atoms with Gasteiger partial charge in [0.2, 0.25) is 0 Å². The molecule has 0 fully saturated rings. The molecule has 8 heteroatoms. The number of anilines is 1. The molecule has 4 N–H and O–H groups in total. The van der Waals surface area contributed by atoms with Crippen LogP contribution in [0, 0.1) is 5.82 Å². The van der Waals surface area contributed by atoms with Crippen LogP contribution in [0.3, 0.4) is 0 Å². The highest BCUT2D eigenvalue weighted by Crippen LogP contribution is 2.17. The van der Waals surface area contributed by atoms with Gasteiger partial charge < -0.3 is 20.8 Å². The lowest BCUT2D eigenvalue weighted by molar-refractivity contribution is -0.146. The van der Waals surface area contributed by atoms with Crippen LogP contribution in [-0.2, 0) is 4.79 Å². The first-order chi connectivity index (χ1) is 8.38. The maximum Gasteiger partial charge on any atom is 0.334 e. The highest BCUT2D eigenvalue weighted by atomic mass is 35.5. The number of carbonyl (C=O) groups is 2. The lowest BCUT2D eigenvalue weighted by atomic mass is 10.3. The molecule has 0 aliphatic heterocycles. The molecule has 0 aromatic heterocycles. The molecular formula is C10H10ClFN2O4. The molecule has 0 bridgehead atoms. The Bertz CT molecular complexity index is 449. The van der Waals surface area contributed by atoms with E-state index in [9.17, 15) is 14.0 Å². The van der Waals surface area contributed by atoms with Crippen LogP contribution in [-0.4, -0.2) is 34.9 Å². The Morgan fingerprint density at radius 3 is 2.61 bits per heavy atom. The quantitative estimate of drug-likeness (QED) is 0.660. The van der Waals surface area contributed by atoms with Crippen molar-refractivity contribution in [3.05, 3.63) is 29.0 Å². The fourth-order valence-corrected chi connectivity index (χ4v) is 1.30. The number of hydrogen-bond donors (Lipinski definition) is 4. The number of carbonyl (C=O) groups excluding carboxylic acids is 1. The number of aliphatic carboxylic acids is 1. The van der Waals surface area contributed by atoms with Gasteiger partial charge in [-0.3, -0.25) is 0 Å². The van der Waals surface area contributed by atoms with Crippen molar-refractivity contribution in [2.24, 2.45) is 0 Å². The minimum atomic E-state index is -1.70. The average Bonchev–Trinajstić information content (AvgIpc) is 2.24. The van der Waals surface area contributed by atoms with Gasteiger partial charge in [-0.05, 0) is 18.2 Å². The highest BCUT2D eigenvalue weighted by Gasteiger charge is 2.14. The largest absolute Gasteiger partial charge is 0.479 e. The van der Waals surface area contributed by atoms with E-state index >= 15 is 0 Å². The van der Waals surface area contributed by atoms with Crippen LogP contribution in [0.15, 0.2) is 18.2 Å². The first kappa shape index (κ1) is 14.2. The maximum atomic E-state index is 12.9. The summed E-state index contributed by atoms with van der Waals surface area (Å²) >= 11 is 5.57. The Morgan fingerprint density at radius 1 is 1.39 bits per heavy atom. The Kier molecular flexibility index (Phi) is 4.87. The molecule has 18 heavy (non-hydrogen) atoms. The molecule has 98 valence electrons. The van der Waals surface area contributed by atoms with Crippen molar-refractivity contribution in [2.45, 2.75) is 6.10 Å². The van der Waals surface area contributed by atoms with E-state index in [4.69, 9.17) is 21.8 Å². The molecule has 0 aliphatic rings. The summed E-state index contributed by atoms with van der Waals surface area (Å²) in [5.41, 5.74) is 0.113. The van der Waals surface area contributed by atoms with Crippen molar-refractivity contribution in [2.75, 3.05) is 11.9 Å². The van der Waals surface area contributed by atoms with Crippen molar-refractivity contribution in [3.63, 3.8) is 0 Å². The number of aliphatic hydroxyl groups is 1. The van der Waals surface area contributed by atoms with E-state index in [1.165, 1.54) is 6.07 Å². The third-order valence-corrected chi connectivity index (χ3v) is 2.08. The van der Waals surface area contributed by atoms with Crippen molar-refractivity contribution >= 4 is 29.3 Å². The highest BCUT2D eigenvalue weighted by molar-refractivity contribution is 6.30. The van der Waals surface area contributed by atoms with Gasteiger partial charge in [-0.1, -0.05) is 11.6 Å². The van der Waals surface area contributed by atoms with E-state index in [-0.39, 0.29) is 10.7 Å². The van der Waals surface area contributed by atoms with Gasteiger partial charge >= 0.3 is 12.0 Å². The smallest absolute Gasteiger partial charge is 0.334 e. The molecule has 1 unspecified atom stereocenters. The van der Waals surface area contributed by atoms with Crippen molar-refractivity contribution < 1.29 is 24.2 Å². The van der Waals surface area contributed by atoms with Gasteiger partial charge in [0.15, 0.2) is 6.10 Å². The number of carboxylic acid groups (broad SMARTS) is 1. The number of urea groups is 1. The molecule has 1 rings (SSSR count).